The fourth-order valence-electron chi connectivity index (χ4n) is 2.26. The summed E-state index contributed by atoms with van der Waals surface area (Å²) in [5.41, 5.74) is 2.44. The summed E-state index contributed by atoms with van der Waals surface area (Å²) in [5.74, 6) is 1.87. The highest BCUT2D eigenvalue weighted by molar-refractivity contribution is 5.72. The molecule has 0 spiro atoms. The number of benzene rings is 1. The summed E-state index contributed by atoms with van der Waals surface area (Å²) < 4.78 is 5.44. The lowest BCUT2D eigenvalue weighted by Gasteiger charge is -2.25. The summed E-state index contributed by atoms with van der Waals surface area (Å²) in [7, 11) is 0. The number of hydrogen-bond acceptors (Lipinski definition) is 2. The molecule has 1 aromatic heterocycles. The Bertz CT molecular complexity index is 535. The predicted octanol–water partition coefficient (Wildman–Crippen LogP) is 4.03. The van der Waals surface area contributed by atoms with E-state index in [2.05, 4.69) is 18.2 Å². The number of hydrogen-bond donors (Lipinski definition) is 0. The van der Waals surface area contributed by atoms with Crippen LogP contribution < -0.4 is 0 Å². The molecule has 2 heteroatoms. The fourth-order valence-corrected chi connectivity index (χ4v) is 2.26. The Morgan fingerprint density at radius 1 is 1.18 bits per heavy atom. The van der Waals surface area contributed by atoms with E-state index in [9.17, 15) is 4.79 Å². The molecule has 1 fully saturated rings. The van der Waals surface area contributed by atoms with Crippen molar-refractivity contribution in [1.82, 2.24) is 0 Å². The van der Waals surface area contributed by atoms with Gasteiger partial charge in [0.2, 0.25) is 0 Å². The molecule has 3 rings (SSSR count). The van der Waals surface area contributed by atoms with Crippen LogP contribution in [0, 0.1) is 0 Å². The summed E-state index contributed by atoms with van der Waals surface area (Å²) in [6.45, 7) is 0. The van der Waals surface area contributed by atoms with Gasteiger partial charge in [0.05, 0.1) is 0 Å². The topological polar surface area (TPSA) is 30.2 Å². The van der Waals surface area contributed by atoms with Crippen molar-refractivity contribution < 1.29 is 9.21 Å². The molecule has 2 nitrogen and oxygen atoms in total. The first kappa shape index (κ1) is 10.3. The van der Waals surface area contributed by atoms with Crippen LogP contribution in [0.5, 0.6) is 0 Å². The third-order valence-electron chi connectivity index (χ3n) is 3.49. The molecule has 86 valence electrons. The van der Waals surface area contributed by atoms with E-state index in [1.165, 1.54) is 24.8 Å². The predicted molar refractivity (Wildman–Crippen MR) is 66.1 cm³/mol. The molecule has 1 aromatic carbocycles. The van der Waals surface area contributed by atoms with E-state index in [1.54, 1.807) is 6.07 Å². The van der Waals surface area contributed by atoms with Crippen molar-refractivity contribution in [3.63, 3.8) is 0 Å². The van der Waals surface area contributed by atoms with Crippen molar-refractivity contribution in [2.75, 3.05) is 0 Å². The van der Waals surface area contributed by atoms with Gasteiger partial charge in [0.1, 0.15) is 5.76 Å². The Morgan fingerprint density at radius 3 is 2.71 bits per heavy atom. The minimum atomic E-state index is 0.383. The van der Waals surface area contributed by atoms with E-state index < -0.39 is 0 Å². The second-order valence-corrected chi connectivity index (χ2v) is 4.57. The summed E-state index contributed by atoms with van der Waals surface area (Å²) in [6.07, 6.45) is 4.66. The number of carbonyl (C=O) groups is 1. The van der Waals surface area contributed by atoms with Gasteiger partial charge in [0, 0.05) is 5.56 Å². The molecule has 1 aliphatic carbocycles. The third kappa shape index (κ3) is 1.91. The highest BCUT2D eigenvalue weighted by Crippen LogP contribution is 2.37. The molecule has 1 saturated carbocycles. The van der Waals surface area contributed by atoms with E-state index in [1.807, 2.05) is 12.1 Å². The van der Waals surface area contributed by atoms with Crippen molar-refractivity contribution in [2.24, 2.45) is 0 Å². The molecule has 1 aliphatic rings. The van der Waals surface area contributed by atoms with Gasteiger partial charge in [-0.2, -0.15) is 0 Å². The number of aldehydes is 1. The molecule has 2 aromatic rings. The fraction of sp³-hybridized carbons (Fsp3) is 0.267. The molecule has 0 amide bonds. The Hall–Kier alpha value is -1.83. The van der Waals surface area contributed by atoms with Gasteiger partial charge in [-0.25, -0.2) is 0 Å². The van der Waals surface area contributed by atoms with Gasteiger partial charge in [0.25, 0.3) is 0 Å². The van der Waals surface area contributed by atoms with Crippen LogP contribution in [-0.4, -0.2) is 6.29 Å². The van der Waals surface area contributed by atoms with Gasteiger partial charge in [-0.3, -0.25) is 4.79 Å². The van der Waals surface area contributed by atoms with Crippen LogP contribution in [0.3, 0.4) is 0 Å². The van der Waals surface area contributed by atoms with Crippen molar-refractivity contribution in [2.45, 2.75) is 25.2 Å². The molecule has 0 radical (unpaired) electrons. The molecule has 17 heavy (non-hydrogen) atoms. The second kappa shape index (κ2) is 4.21. The number of carbonyl (C=O) groups excluding carboxylic acids is 1. The summed E-state index contributed by atoms with van der Waals surface area (Å²) in [6, 6.07) is 12.0. The van der Waals surface area contributed by atoms with E-state index in [0.29, 0.717) is 5.76 Å². The standard InChI is InChI=1S/C15H14O2/c16-10-14-7-8-15(17-14)13-6-2-5-12(9-13)11-3-1-4-11/h2,5-11H,1,3-4H2. The Morgan fingerprint density at radius 2 is 2.06 bits per heavy atom. The molecule has 0 unspecified atom stereocenters. The van der Waals surface area contributed by atoms with Crippen molar-refractivity contribution in [3.05, 3.63) is 47.7 Å². The number of rotatable bonds is 3. The highest BCUT2D eigenvalue weighted by atomic mass is 16.3. The quantitative estimate of drug-likeness (QED) is 0.740. The minimum Gasteiger partial charge on any atom is -0.453 e. The monoisotopic (exact) mass is 226 g/mol. The van der Waals surface area contributed by atoms with Crippen LogP contribution in [-0.2, 0) is 0 Å². The lowest BCUT2D eigenvalue weighted by Crippen LogP contribution is -2.08. The average Bonchev–Trinajstić information content (AvgIpc) is 2.75. The van der Waals surface area contributed by atoms with E-state index in [-0.39, 0.29) is 0 Å². The van der Waals surface area contributed by atoms with E-state index >= 15 is 0 Å². The van der Waals surface area contributed by atoms with E-state index in [0.717, 1.165) is 23.5 Å². The van der Waals surface area contributed by atoms with Crippen LogP contribution in [0.2, 0.25) is 0 Å². The SMILES string of the molecule is O=Cc1ccc(-c2cccc(C3CCC3)c2)o1. The molecular formula is C15H14O2. The van der Waals surface area contributed by atoms with Gasteiger partial charge in [-0.1, -0.05) is 24.6 Å². The zero-order chi connectivity index (χ0) is 11.7. The van der Waals surface area contributed by atoms with Gasteiger partial charge >= 0.3 is 0 Å². The molecule has 0 atom stereocenters. The molecule has 0 saturated heterocycles. The largest absolute Gasteiger partial charge is 0.453 e. The Labute approximate surface area is 100 Å². The van der Waals surface area contributed by atoms with Gasteiger partial charge in [-0.05, 0) is 42.5 Å². The third-order valence-corrected chi connectivity index (χ3v) is 3.49. The average molecular weight is 226 g/mol. The van der Waals surface area contributed by atoms with Crippen molar-refractivity contribution in [1.29, 1.82) is 0 Å². The normalized spacial score (nSPS) is 15.5. The van der Waals surface area contributed by atoms with Crippen LogP contribution in [0.15, 0.2) is 40.8 Å². The minimum absolute atomic E-state index is 0.383. The lowest BCUT2D eigenvalue weighted by molar-refractivity contribution is 0.110. The van der Waals surface area contributed by atoms with Crippen LogP contribution in [0.1, 0.15) is 41.3 Å². The Balaban J connectivity index is 1.93. The van der Waals surface area contributed by atoms with Gasteiger partial charge in [-0.15, -0.1) is 0 Å². The summed E-state index contributed by atoms with van der Waals surface area (Å²) in [5, 5.41) is 0. The lowest BCUT2D eigenvalue weighted by atomic mass is 9.79. The zero-order valence-corrected chi connectivity index (χ0v) is 9.56. The first-order chi connectivity index (χ1) is 8.36. The Kier molecular flexibility index (Phi) is 2.56. The maximum Gasteiger partial charge on any atom is 0.185 e. The maximum absolute atomic E-state index is 10.6. The molecule has 1 heterocycles. The first-order valence-corrected chi connectivity index (χ1v) is 6.02. The smallest absolute Gasteiger partial charge is 0.185 e. The van der Waals surface area contributed by atoms with Crippen molar-refractivity contribution in [3.8, 4) is 11.3 Å². The molecule has 0 bridgehead atoms. The van der Waals surface area contributed by atoms with Crippen LogP contribution >= 0.6 is 0 Å². The van der Waals surface area contributed by atoms with E-state index in [4.69, 9.17) is 4.42 Å². The zero-order valence-electron chi connectivity index (χ0n) is 9.56. The summed E-state index contributed by atoms with van der Waals surface area (Å²) in [4.78, 5) is 10.6. The van der Waals surface area contributed by atoms with Crippen LogP contribution in [0.25, 0.3) is 11.3 Å². The molecule has 0 aliphatic heterocycles. The van der Waals surface area contributed by atoms with Crippen LogP contribution in [0.4, 0.5) is 0 Å². The van der Waals surface area contributed by atoms with Gasteiger partial charge in [0.15, 0.2) is 12.0 Å². The summed E-state index contributed by atoms with van der Waals surface area (Å²) >= 11 is 0. The molecular weight excluding hydrogens is 212 g/mol. The number of furan rings is 1. The first-order valence-electron chi connectivity index (χ1n) is 6.02. The van der Waals surface area contributed by atoms with Crippen molar-refractivity contribution >= 4 is 6.29 Å². The second-order valence-electron chi connectivity index (χ2n) is 4.57. The highest BCUT2D eigenvalue weighted by Gasteiger charge is 2.19. The van der Waals surface area contributed by atoms with Gasteiger partial charge < -0.3 is 4.42 Å². The molecule has 0 N–H and O–H groups in total. The maximum atomic E-state index is 10.6.